The first-order valence-electron chi connectivity index (χ1n) is 4.33. The molecule has 11 heavy (non-hydrogen) atoms. The molecule has 2 heteroatoms. The molecule has 0 spiro atoms. The van der Waals surface area contributed by atoms with Crippen molar-refractivity contribution in [2.24, 2.45) is 17.8 Å². The molecule has 0 amide bonds. The van der Waals surface area contributed by atoms with Crippen LogP contribution >= 0.6 is 0 Å². The quantitative estimate of drug-likeness (QED) is 0.665. The molecular formula is C9H16O2. The number of hydrogen-bond acceptors (Lipinski definition) is 1. The molecule has 0 aromatic heterocycles. The third-order valence-electron chi connectivity index (χ3n) is 3.07. The lowest BCUT2D eigenvalue weighted by Crippen LogP contribution is -2.12. The van der Waals surface area contributed by atoms with Crippen LogP contribution in [0.2, 0.25) is 0 Å². The van der Waals surface area contributed by atoms with Crippen molar-refractivity contribution >= 4 is 5.97 Å². The van der Waals surface area contributed by atoms with Gasteiger partial charge >= 0.3 is 5.97 Å². The topological polar surface area (TPSA) is 37.3 Å². The lowest BCUT2D eigenvalue weighted by atomic mass is 9.90. The predicted octanol–water partition coefficient (Wildman–Crippen LogP) is 2.14. The molecule has 0 aliphatic heterocycles. The van der Waals surface area contributed by atoms with Gasteiger partial charge in [-0.15, -0.1) is 0 Å². The minimum atomic E-state index is -0.643. The second-order valence-corrected chi connectivity index (χ2v) is 3.77. The molecule has 3 atom stereocenters. The first kappa shape index (κ1) is 8.57. The Hall–Kier alpha value is -0.530. The lowest BCUT2D eigenvalue weighted by Gasteiger charge is -2.15. The minimum absolute atomic E-state index is 0.367. The molecule has 1 saturated carbocycles. The van der Waals surface area contributed by atoms with Crippen molar-refractivity contribution in [2.75, 3.05) is 0 Å². The number of carboxylic acid groups (broad SMARTS) is 1. The summed E-state index contributed by atoms with van der Waals surface area (Å²) in [7, 11) is 0. The summed E-state index contributed by atoms with van der Waals surface area (Å²) in [5, 5.41) is 8.58. The number of carbonyl (C=O) groups is 1. The second-order valence-electron chi connectivity index (χ2n) is 3.77. The fraction of sp³-hybridized carbons (Fsp3) is 0.889. The van der Waals surface area contributed by atoms with Gasteiger partial charge in [-0.3, -0.25) is 4.79 Å². The molecule has 1 fully saturated rings. The Balaban J connectivity index is 2.42. The van der Waals surface area contributed by atoms with E-state index in [4.69, 9.17) is 5.11 Å². The first-order valence-corrected chi connectivity index (χ1v) is 4.33. The van der Waals surface area contributed by atoms with Crippen LogP contribution in [0.1, 0.15) is 33.1 Å². The highest BCUT2D eigenvalue weighted by Crippen LogP contribution is 2.38. The van der Waals surface area contributed by atoms with Gasteiger partial charge in [0.2, 0.25) is 0 Å². The monoisotopic (exact) mass is 156 g/mol. The number of carboxylic acids is 1. The summed E-state index contributed by atoms with van der Waals surface area (Å²) in [5.41, 5.74) is 0. The Morgan fingerprint density at radius 2 is 2.09 bits per heavy atom. The van der Waals surface area contributed by atoms with Gasteiger partial charge in [0.25, 0.3) is 0 Å². The van der Waals surface area contributed by atoms with E-state index in [0.29, 0.717) is 18.3 Å². The molecule has 0 saturated heterocycles. The number of rotatable bonds is 2. The fourth-order valence-electron chi connectivity index (χ4n) is 1.98. The van der Waals surface area contributed by atoms with E-state index in [-0.39, 0.29) is 0 Å². The Kier molecular flexibility index (Phi) is 2.53. The summed E-state index contributed by atoms with van der Waals surface area (Å²) in [6.45, 7) is 4.39. The molecule has 64 valence electrons. The predicted molar refractivity (Wildman–Crippen MR) is 43.3 cm³/mol. The zero-order chi connectivity index (χ0) is 8.43. The SMILES string of the molecule is C[C@H]1[C@H](CC(=O)O)CC[C@@H]1C. The van der Waals surface area contributed by atoms with Crippen LogP contribution in [0.15, 0.2) is 0 Å². The first-order chi connectivity index (χ1) is 5.11. The Morgan fingerprint density at radius 3 is 2.45 bits per heavy atom. The number of hydrogen-bond donors (Lipinski definition) is 1. The van der Waals surface area contributed by atoms with Gasteiger partial charge in [0, 0.05) is 6.42 Å². The van der Waals surface area contributed by atoms with Gasteiger partial charge in [-0.2, -0.15) is 0 Å². The van der Waals surface area contributed by atoms with Gasteiger partial charge in [-0.25, -0.2) is 0 Å². The molecule has 1 rings (SSSR count). The van der Waals surface area contributed by atoms with Crippen molar-refractivity contribution < 1.29 is 9.90 Å². The summed E-state index contributed by atoms with van der Waals surface area (Å²) in [6, 6.07) is 0. The van der Waals surface area contributed by atoms with E-state index in [0.717, 1.165) is 12.3 Å². The van der Waals surface area contributed by atoms with Gasteiger partial charge < -0.3 is 5.11 Å². The van der Waals surface area contributed by atoms with E-state index in [2.05, 4.69) is 13.8 Å². The molecule has 1 N–H and O–H groups in total. The van der Waals surface area contributed by atoms with E-state index in [9.17, 15) is 4.79 Å². The molecule has 2 nitrogen and oxygen atoms in total. The molecule has 1 aliphatic rings. The maximum absolute atomic E-state index is 10.4. The highest BCUT2D eigenvalue weighted by atomic mass is 16.4. The van der Waals surface area contributed by atoms with Gasteiger partial charge in [0.15, 0.2) is 0 Å². The van der Waals surface area contributed by atoms with Crippen molar-refractivity contribution in [3.63, 3.8) is 0 Å². The van der Waals surface area contributed by atoms with Crippen molar-refractivity contribution in [3.8, 4) is 0 Å². The second kappa shape index (κ2) is 3.24. The van der Waals surface area contributed by atoms with Crippen molar-refractivity contribution in [1.82, 2.24) is 0 Å². The van der Waals surface area contributed by atoms with Gasteiger partial charge in [0.05, 0.1) is 0 Å². The molecule has 1 aliphatic carbocycles. The molecular weight excluding hydrogens is 140 g/mol. The standard InChI is InChI=1S/C9H16O2/c1-6-3-4-8(7(6)2)5-9(10)11/h6-8H,3-5H2,1-2H3,(H,10,11)/t6-,7+,8-/m0/s1. The third kappa shape index (κ3) is 1.95. The summed E-state index contributed by atoms with van der Waals surface area (Å²) in [5.74, 6) is 1.11. The van der Waals surface area contributed by atoms with Crippen molar-refractivity contribution in [3.05, 3.63) is 0 Å². The van der Waals surface area contributed by atoms with Gasteiger partial charge in [0.1, 0.15) is 0 Å². The normalized spacial score (nSPS) is 37.5. The molecule has 0 aromatic carbocycles. The van der Waals surface area contributed by atoms with Gasteiger partial charge in [-0.05, 0) is 24.2 Å². The molecule has 0 unspecified atom stereocenters. The van der Waals surface area contributed by atoms with Crippen LogP contribution in [0.25, 0.3) is 0 Å². The summed E-state index contributed by atoms with van der Waals surface area (Å²) in [6.07, 6.45) is 2.68. The maximum Gasteiger partial charge on any atom is 0.303 e. The smallest absolute Gasteiger partial charge is 0.303 e. The summed E-state index contributed by atoms with van der Waals surface area (Å²) < 4.78 is 0. The van der Waals surface area contributed by atoms with Crippen LogP contribution in [0.4, 0.5) is 0 Å². The van der Waals surface area contributed by atoms with E-state index >= 15 is 0 Å². The molecule has 0 aromatic rings. The minimum Gasteiger partial charge on any atom is -0.481 e. The zero-order valence-electron chi connectivity index (χ0n) is 7.21. The van der Waals surface area contributed by atoms with Crippen molar-refractivity contribution in [2.45, 2.75) is 33.1 Å². The van der Waals surface area contributed by atoms with Gasteiger partial charge in [-0.1, -0.05) is 20.3 Å². The summed E-state index contributed by atoms with van der Waals surface area (Å²) in [4.78, 5) is 10.4. The average Bonchev–Trinajstić information content (AvgIpc) is 2.18. The Bertz CT molecular complexity index is 154. The van der Waals surface area contributed by atoms with E-state index in [1.807, 2.05) is 0 Å². The van der Waals surface area contributed by atoms with E-state index in [1.54, 1.807) is 0 Å². The molecule has 0 bridgehead atoms. The lowest BCUT2D eigenvalue weighted by molar-refractivity contribution is -0.138. The Morgan fingerprint density at radius 1 is 1.45 bits per heavy atom. The average molecular weight is 156 g/mol. The van der Waals surface area contributed by atoms with Crippen LogP contribution in [-0.2, 0) is 4.79 Å². The molecule has 0 radical (unpaired) electrons. The largest absolute Gasteiger partial charge is 0.481 e. The van der Waals surface area contributed by atoms with Crippen LogP contribution in [0.5, 0.6) is 0 Å². The van der Waals surface area contributed by atoms with Crippen LogP contribution in [0, 0.1) is 17.8 Å². The van der Waals surface area contributed by atoms with Crippen molar-refractivity contribution in [1.29, 1.82) is 0 Å². The Labute approximate surface area is 67.6 Å². The van der Waals surface area contributed by atoms with E-state index in [1.165, 1.54) is 6.42 Å². The number of aliphatic carboxylic acids is 1. The maximum atomic E-state index is 10.4. The third-order valence-corrected chi connectivity index (χ3v) is 3.07. The summed E-state index contributed by atoms with van der Waals surface area (Å²) >= 11 is 0. The zero-order valence-corrected chi connectivity index (χ0v) is 7.21. The molecule has 0 heterocycles. The van der Waals surface area contributed by atoms with E-state index < -0.39 is 5.97 Å². The highest BCUT2D eigenvalue weighted by molar-refractivity contribution is 5.67. The highest BCUT2D eigenvalue weighted by Gasteiger charge is 2.30. The fourth-order valence-corrected chi connectivity index (χ4v) is 1.98. The van der Waals surface area contributed by atoms with Crippen LogP contribution in [0.3, 0.4) is 0 Å². The van der Waals surface area contributed by atoms with Crippen LogP contribution in [-0.4, -0.2) is 11.1 Å². The van der Waals surface area contributed by atoms with Crippen LogP contribution < -0.4 is 0 Å².